The summed E-state index contributed by atoms with van der Waals surface area (Å²) in [4.78, 5) is 27.1. The topological polar surface area (TPSA) is 55.5 Å². The number of aryl methyl sites for hydroxylation is 1. The fourth-order valence-corrected chi connectivity index (χ4v) is 3.34. The van der Waals surface area contributed by atoms with Crippen LogP contribution in [0.2, 0.25) is 10.0 Å². The molecule has 28 heavy (non-hydrogen) atoms. The van der Waals surface area contributed by atoms with E-state index in [1.165, 1.54) is 12.1 Å². The Hall–Kier alpha value is -2.57. The van der Waals surface area contributed by atoms with E-state index in [0.29, 0.717) is 15.3 Å². The van der Waals surface area contributed by atoms with E-state index in [9.17, 15) is 14.0 Å². The summed E-state index contributed by atoms with van der Waals surface area (Å²) in [5, 5.41) is 0.553. The zero-order chi connectivity index (χ0) is 20.6. The lowest BCUT2D eigenvalue weighted by atomic mass is 10.1. The van der Waals surface area contributed by atoms with Crippen molar-refractivity contribution >= 4 is 34.9 Å². The van der Waals surface area contributed by atoms with Crippen molar-refractivity contribution in [2.45, 2.75) is 26.8 Å². The Bertz CT molecular complexity index is 1110. The molecule has 0 fully saturated rings. The molecule has 1 heterocycles. The Kier molecular flexibility index (Phi) is 5.63. The smallest absolute Gasteiger partial charge is 0.365 e. The van der Waals surface area contributed by atoms with Crippen LogP contribution in [0.15, 0.2) is 51.8 Å². The molecule has 0 spiro atoms. The lowest BCUT2D eigenvalue weighted by Crippen LogP contribution is -2.43. The highest BCUT2D eigenvalue weighted by molar-refractivity contribution is 6.33. The van der Waals surface area contributed by atoms with Gasteiger partial charge in [0.2, 0.25) is 0 Å². The van der Waals surface area contributed by atoms with Crippen LogP contribution in [0, 0.1) is 12.7 Å². The third kappa shape index (κ3) is 3.57. The van der Waals surface area contributed by atoms with E-state index in [0.717, 1.165) is 11.0 Å². The van der Waals surface area contributed by atoms with Gasteiger partial charge in [0.25, 0.3) is 5.56 Å². The van der Waals surface area contributed by atoms with Gasteiger partial charge in [0.05, 0.1) is 11.3 Å². The first-order chi connectivity index (χ1) is 13.2. The number of hydrogen-bond acceptors (Lipinski definition) is 3. The second-order valence-electron chi connectivity index (χ2n) is 6.44. The Morgan fingerprint density at radius 1 is 1.18 bits per heavy atom. The first-order valence-corrected chi connectivity index (χ1v) is 9.24. The SMILES string of the molecule is Cc1on(C(=O)N(c2ccc(Cl)cc2F)C(C)C)c(=O)c1-c1ccccc1Cl. The van der Waals surface area contributed by atoms with E-state index in [2.05, 4.69) is 0 Å². The molecule has 0 saturated carbocycles. The molecule has 0 aliphatic heterocycles. The van der Waals surface area contributed by atoms with E-state index in [1.807, 2.05) is 0 Å². The van der Waals surface area contributed by atoms with Crippen LogP contribution in [-0.4, -0.2) is 16.8 Å². The predicted molar refractivity (Wildman–Crippen MR) is 108 cm³/mol. The largest absolute Gasteiger partial charge is 0.371 e. The standard InChI is InChI=1S/C20H17Cl2FN2O3/c1-11(2)24(17-9-8-13(21)10-16(17)23)20(27)25-19(26)18(12(3)28-25)14-6-4-5-7-15(14)22/h4-11H,1-3H3. The molecule has 3 rings (SSSR count). The van der Waals surface area contributed by atoms with Crippen LogP contribution >= 0.6 is 23.2 Å². The van der Waals surface area contributed by atoms with Crippen molar-refractivity contribution in [3.63, 3.8) is 0 Å². The molecule has 0 atom stereocenters. The lowest BCUT2D eigenvalue weighted by molar-refractivity contribution is 0.210. The van der Waals surface area contributed by atoms with Crippen molar-refractivity contribution in [2.24, 2.45) is 0 Å². The fourth-order valence-electron chi connectivity index (χ4n) is 2.95. The molecule has 2 aromatic carbocycles. The number of carbonyl (C=O) groups is 1. The summed E-state index contributed by atoms with van der Waals surface area (Å²) in [6, 6.07) is 9.43. The van der Waals surface area contributed by atoms with Crippen LogP contribution in [-0.2, 0) is 0 Å². The normalized spacial score (nSPS) is 11.1. The van der Waals surface area contributed by atoms with Gasteiger partial charge < -0.3 is 4.52 Å². The predicted octanol–water partition coefficient (Wildman–Crippen LogP) is 5.75. The molecule has 0 bridgehead atoms. The zero-order valence-electron chi connectivity index (χ0n) is 15.4. The van der Waals surface area contributed by atoms with Crippen molar-refractivity contribution in [3.8, 4) is 11.1 Å². The van der Waals surface area contributed by atoms with Gasteiger partial charge in [0.1, 0.15) is 11.6 Å². The molecule has 0 unspecified atom stereocenters. The van der Waals surface area contributed by atoms with E-state index >= 15 is 0 Å². The Morgan fingerprint density at radius 3 is 2.46 bits per heavy atom. The molecule has 1 amide bonds. The molecule has 146 valence electrons. The number of rotatable bonds is 3. The van der Waals surface area contributed by atoms with Crippen LogP contribution in [0.3, 0.4) is 0 Å². The Balaban J connectivity index is 2.12. The van der Waals surface area contributed by atoms with Gasteiger partial charge in [-0.25, -0.2) is 9.18 Å². The van der Waals surface area contributed by atoms with E-state index in [-0.39, 0.29) is 22.0 Å². The molecule has 0 aliphatic rings. The second-order valence-corrected chi connectivity index (χ2v) is 7.29. The highest BCUT2D eigenvalue weighted by Crippen LogP contribution is 2.29. The minimum absolute atomic E-state index is 0.00959. The Morgan fingerprint density at radius 2 is 1.86 bits per heavy atom. The van der Waals surface area contributed by atoms with Crippen LogP contribution in [0.25, 0.3) is 11.1 Å². The van der Waals surface area contributed by atoms with Crippen molar-refractivity contribution < 1.29 is 13.7 Å². The summed E-state index contributed by atoms with van der Waals surface area (Å²) in [5.74, 6) is -0.455. The molecular weight excluding hydrogens is 406 g/mol. The summed E-state index contributed by atoms with van der Waals surface area (Å²) in [5.41, 5.74) is -0.0461. The van der Waals surface area contributed by atoms with Crippen LogP contribution < -0.4 is 10.5 Å². The van der Waals surface area contributed by atoms with Crippen LogP contribution in [0.1, 0.15) is 19.6 Å². The summed E-state index contributed by atoms with van der Waals surface area (Å²) < 4.78 is 20.5. The summed E-state index contributed by atoms with van der Waals surface area (Å²) in [7, 11) is 0. The maximum atomic E-state index is 14.4. The molecule has 5 nitrogen and oxygen atoms in total. The van der Waals surface area contributed by atoms with Crippen molar-refractivity contribution in [1.82, 2.24) is 4.74 Å². The van der Waals surface area contributed by atoms with Gasteiger partial charge in [-0.1, -0.05) is 46.1 Å². The monoisotopic (exact) mass is 422 g/mol. The van der Waals surface area contributed by atoms with Crippen molar-refractivity contribution in [1.29, 1.82) is 0 Å². The highest BCUT2D eigenvalue weighted by Gasteiger charge is 2.29. The molecule has 0 N–H and O–H groups in total. The van der Waals surface area contributed by atoms with Crippen molar-refractivity contribution in [2.75, 3.05) is 4.90 Å². The first-order valence-electron chi connectivity index (χ1n) is 8.48. The van der Waals surface area contributed by atoms with Crippen LogP contribution in [0.5, 0.6) is 0 Å². The minimum atomic E-state index is -0.817. The van der Waals surface area contributed by atoms with Gasteiger partial charge in [-0.2, -0.15) is 0 Å². The third-order valence-electron chi connectivity index (χ3n) is 4.19. The lowest BCUT2D eigenvalue weighted by Gasteiger charge is -2.26. The average Bonchev–Trinajstić information content (AvgIpc) is 2.92. The molecule has 1 aromatic heterocycles. The van der Waals surface area contributed by atoms with Gasteiger partial charge in [-0.05, 0) is 45.0 Å². The average molecular weight is 423 g/mol. The van der Waals surface area contributed by atoms with Gasteiger partial charge >= 0.3 is 6.03 Å². The zero-order valence-corrected chi connectivity index (χ0v) is 16.9. The van der Waals surface area contributed by atoms with Gasteiger partial charge in [0.15, 0.2) is 0 Å². The number of amides is 1. The fraction of sp³-hybridized carbons (Fsp3) is 0.200. The number of halogens is 3. The highest BCUT2D eigenvalue weighted by atomic mass is 35.5. The number of carbonyl (C=O) groups excluding carboxylic acids is 1. The molecule has 8 heteroatoms. The van der Waals surface area contributed by atoms with Gasteiger partial charge in [-0.15, -0.1) is 0 Å². The van der Waals surface area contributed by atoms with E-state index in [1.54, 1.807) is 45.0 Å². The number of hydrogen-bond donors (Lipinski definition) is 0. The van der Waals surface area contributed by atoms with Gasteiger partial charge in [-0.3, -0.25) is 9.69 Å². The summed E-state index contributed by atoms with van der Waals surface area (Å²) in [6.07, 6.45) is 0. The molecular formula is C20H17Cl2FN2O3. The minimum Gasteiger partial charge on any atom is -0.371 e. The molecule has 3 aromatic rings. The van der Waals surface area contributed by atoms with E-state index in [4.69, 9.17) is 27.7 Å². The first kappa shape index (κ1) is 20.2. The summed E-state index contributed by atoms with van der Waals surface area (Å²) in [6.45, 7) is 4.95. The number of nitrogens with zero attached hydrogens (tertiary/aromatic N) is 2. The molecule has 0 radical (unpaired) electrons. The maximum Gasteiger partial charge on any atom is 0.365 e. The quantitative estimate of drug-likeness (QED) is 0.540. The summed E-state index contributed by atoms with van der Waals surface area (Å²) >= 11 is 12.0. The number of anilines is 1. The molecule has 0 aliphatic carbocycles. The van der Waals surface area contributed by atoms with Crippen LogP contribution in [0.4, 0.5) is 14.9 Å². The van der Waals surface area contributed by atoms with Gasteiger partial charge in [0, 0.05) is 21.7 Å². The molecule has 0 saturated heterocycles. The van der Waals surface area contributed by atoms with Crippen molar-refractivity contribution in [3.05, 3.63) is 74.4 Å². The van der Waals surface area contributed by atoms with E-state index < -0.39 is 23.4 Å². The number of benzene rings is 2. The maximum absolute atomic E-state index is 14.4. The number of aromatic nitrogens is 1. The Labute approximate surface area is 170 Å². The third-order valence-corrected chi connectivity index (χ3v) is 4.75. The second kappa shape index (κ2) is 7.81.